The summed E-state index contributed by atoms with van der Waals surface area (Å²) >= 11 is 1.84. The summed E-state index contributed by atoms with van der Waals surface area (Å²) in [5.74, 6) is 0.706. The van der Waals surface area contributed by atoms with Crippen molar-refractivity contribution in [2.75, 3.05) is 7.05 Å². The zero-order chi connectivity index (χ0) is 8.97. The Morgan fingerprint density at radius 2 is 2.25 bits per heavy atom. The largest absolute Gasteiger partial charge is 0.316 e. The second-order valence-corrected chi connectivity index (χ2v) is 4.45. The molecule has 0 saturated heterocycles. The molecule has 0 bridgehead atoms. The zero-order valence-corrected chi connectivity index (χ0v) is 8.82. The molecule has 1 rings (SSSR count). The van der Waals surface area contributed by atoms with Crippen molar-refractivity contribution in [2.45, 2.75) is 26.3 Å². The van der Waals surface area contributed by atoms with Gasteiger partial charge in [0.1, 0.15) is 0 Å². The van der Waals surface area contributed by atoms with Crippen LogP contribution in [0.15, 0.2) is 17.5 Å². The lowest BCUT2D eigenvalue weighted by molar-refractivity contribution is 0.427. The van der Waals surface area contributed by atoms with Crippen LogP contribution in [0.3, 0.4) is 0 Å². The summed E-state index contributed by atoms with van der Waals surface area (Å²) in [5.41, 5.74) is 0. The molecule has 1 atom stereocenters. The minimum absolute atomic E-state index is 0.614. The number of likely N-dealkylation sites (N-methyl/N-ethyl adjacent to an activating group) is 1. The summed E-state index contributed by atoms with van der Waals surface area (Å²) in [6, 6.07) is 4.94. The summed E-state index contributed by atoms with van der Waals surface area (Å²) in [4.78, 5) is 1.48. The first kappa shape index (κ1) is 9.75. The number of rotatable bonds is 4. The van der Waals surface area contributed by atoms with E-state index in [1.54, 1.807) is 0 Å². The fourth-order valence-corrected chi connectivity index (χ4v) is 2.08. The summed E-state index contributed by atoms with van der Waals surface area (Å²) in [6.07, 6.45) is 1.16. The highest BCUT2D eigenvalue weighted by atomic mass is 32.1. The molecule has 0 fully saturated rings. The van der Waals surface area contributed by atoms with Crippen molar-refractivity contribution in [3.63, 3.8) is 0 Å². The van der Waals surface area contributed by atoms with E-state index >= 15 is 0 Å². The Kier molecular flexibility index (Phi) is 3.76. The maximum Gasteiger partial charge on any atom is 0.0135 e. The number of nitrogens with one attached hydrogen (secondary N) is 1. The molecule has 0 aliphatic rings. The van der Waals surface area contributed by atoms with Gasteiger partial charge in [-0.05, 0) is 30.8 Å². The summed E-state index contributed by atoms with van der Waals surface area (Å²) in [5, 5.41) is 5.49. The van der Waals surface area contributed by atoms with E-state index in [0.717, 1.165) is 6.42 Å². The van der Waals surface area contributed by atoms with E-state index in [1.165, 1.54) is 4.88 Å². The van der Waals surface area contributed by atoms with Crippen LogP contribution in [0.5, 0.6) is 0 Å². The van der Waals surface area contributed by atoms with Crippen LogP contribution < -0.4 is 5.32 Å². The van der Waals surface area contributed by atoms with Crippen LogP contribution in [-0.4, -0.2) is 13.1 Å². The number of thiophene rings is 1. The van der Waals surface area contributed by atoms with E-state index < -0.39 is 0 Å². The molecule has 1 heterocycles. The van der Waals surface area contributed by atoms with Crippen molar-refractivity contribution in [1.82, 2.24) is 5.32 Å². The first-order valence-electron chi connectivity index (χ1n) is 4.43. The minimum Gasteiger partial charge on any atom is -0.316 e. The monoisotopic (exact) mass is 183 g/mol. The third kappa shape index (κ3) is 2.61. The molecule has 12 heavy (non-hydrogen) atoms. The molecule has 0 radical (unpaired) electrons. The summed E-state index contributed by atoms with van der Waals surface area (Å²) in [6.45, 7) is 4.52. The molecule has 1 unspecified atom stereocenters. The van der Waals surface area contributed by atoms with E-state index in [-0.39, 0.29) is 0 Å². The number of hydrogen-bond donors (Lipinski definition) is 1. The van der Waals surface area contributed by atoms with Gasteiger partial charge in [-0.1, -0.05) is 19.9 Å². The van der Waals surface area contributed by atoms with Crippen LogP contribution in [0.2, 0.25) is 0 Å². The molecule has 1 aromatic rings. The molecule has 0 aliphatic heterocycles. The van der Waals surface area contributed by atoms with Gasteiger partial charge in [-0.15, -0.1) is 11.3 Å². The predicted molar refractivity (Wildman–Crippen MR) is 55.7 cm³/mol. The zero-order valence-electron chi connectivity index (χ0n) is 8.00. The van der Waals surface area contributed by atoms with Gasteiger partial charge in [-0.2, -0.15) is 0 Å². The highest BCUT2D eigenvalue weighted by Gasteiger charge is 2.11. The van der Waals surface area contributed by atoms with Gasteiger partial charge in [0.2, 0.25) is 0 Å². The Morgan fingerprint density at radius 1 is 1.50 bits per heavy atom. The fourth-order valence-electron chi connectivity index (χ4n) is 1.32. The molecule has 1 aromatic heterocycles. The number of hydrogen-bond acceptors (Lipinski definition) is 2. The van der Waals surface area contributed by atoms with Gasteiger partial charge < -0.3 is 5.32 Å². The maximum atomic E-state index is 3.35. The Hall–Kier alpha value is -0.340. The quantitative estimate of drug-likeness (QED) is 0.756. The van der Waals surface area contributed by atoms with E-state index in [0.29, 0.717) is 12.0 Å². The third-order valence-electron chi connectivity index (χ3n) is 2.18. The lowest BCUT2D eigenvalue weighted by atomic mass is 10.0. The van der Waals surface area contributed by atoms with Gasteiger partial charge in [0.05, 0.1) is 0 Å². The Labute approximate surface area is 78.8 Å². The average Bonchev–Trinajstić information content (AvgIpc) is 2.51. The molecule has 0 amide bonds. The van der Waals surface area contributed by atoms with Gasteiger partial charge in [0.25, 0.3) is 0 Å². The van der Waals surface area contributed by atoms with Crippen molar-refractivity contribution in [2.24, 2.45) is 5.92 Å². The average molecular weight is 183 g/mol. The molecule has 1 N–H and O–H groups in total. The Morgan fingerprint density at radius 3 is 2.67 bits per heavy atom. The van der Waals surface area contributed by atoms with E-state index in [1.807, 2.05) is 18.4 Å². The highest BCUT2D eigenvalue weighted by molar-refractivity contribution is 7.09. The standard InChI is InChI=1S/C10H17NS/c1-8(2)10(11-3)7-9-5-4-6-12-9/h4-6,8,10-11H,7H2,1-3H3. The van der Waals surface area contributed by atoms with Gasteiger partial charge in [0, 0.05) is 10.9 Å². The minimum atomic E-state index is 0.614. The SMILES string of the molecule is CNC(Cc1cccs1)C(C)C. The van der Waals surface area contributed by atoms with Crippen molar-refractivity contribution in [3.05, 3.63) is 22.4 Å². The van der Waals surface area contributed by atoms with Crippen molar-refractivity contribution < 1.29 is 0 Å². The highest BCUT2D eigenvalue weighted by Crippen LogP contribution is 2.14. The smallest absolute Gasteiger partial charge is 0.0135 e. The molecule has 68 valence electrons. The molecular formula is C10H17NS. The van der Waals surface area contributed by atoms with E-state index in [4.69, 9.17) is 0 Å². The van der Waals surface area contributed by atoms with Crippen LogP contribution in [0.25, 0.3) is 0 Å². The molecule has 2 heteroatoms. The van der Waals surface area contributed by atoms with Crippen LogP contribution in [0.1, 0.15) is 18.7 Å². The van der Waals surface area contributed by atoms with Gasteiger partial charge in [-0.25, -0.2) is 0 Å². The molecule has 0 saturated carbocycles. The summed E-state index contributed by atoms with van der Waals surface area (Å²) in [7, 11) is 2.04. The third-order valence-corrected chi connectivity index (χ3v) is 3.08. The van der Waals surface area contributed by atoms with Crippen molar-refractivity contribution in [1.29, 1.82) is 0 Å². The topological polar surface area (TPSA) is 12.0 Å². The Balaban J connectivity index is 2.48. The molecule has 1 nitrogen and oxygen atoms in total. The van der Waals surface area contributed by atoms with Gasteiger partial charge >= 0.3 is 0 Å². The maximum absolute atomic E-state index is 3.35. The van der Waals surface area contributed by atoms with E-state index in [2.05, 4.69) is 36.7 Å². The lowest BCUT2D eigenvalue weighted by Gasteiger charge is -2.18. The van der Waals surface area contributed by atoms with Crippen LogP contribution >= 0.6 is 11.3 Å². The second-order valence-electron chi connectivity index (χ2n) is 3.42. The molecule has 0 aromatic carbocycles. The van der Waals surface area contributed by atoms with Crippen molar-refractivity contribution >= 4 is 11.3 Å². The van der Waals surface area contributed by atoms with Crippen LogP contribution in [0.4, 0.5) is 0 Å². The summed E-state index contributed by atoms with van der Waals surface area (Å²) < 4.78 is 0. The van der Waals surface area contributed by atoms with Gasteiger partial charge in [-0.3, -0.25) is 0 Å². The molecular weight excluding hydrogens is 166 g/mol. The Bertz CT molecular complexity index is 204. The second kappa shape index (κ2) is 4.63. The van der Waals surface area contributed by atoms with Gasteiger partial charge in [0.15, 0.2) is 0 Å². The molecule has 0 aliphatic carbocycles. The molecule has 0 spiro atoms. The first-order chi connectivity index (χ1) is 5.74. The fraction of sp³-hybridized carbons (Fsp3) is 0.600. The van der Waals surface area contributed by atoms with Crippen LogP contribution in [-0.2, 0) is 6.42 Å². The lowest BCUT2D eigenvalue weighted by Crippen LogP contribution is -2.32. The predicted octanol–water partition coefficient (Wildman–Crippen LogP) is 2.53. The first-order valence-corrected chi connectivity index (χ1v) is 5.31. The van der Waals surface area contributed by atoms with Crippen LogP contribution in [0, 0.1) is 5.92 Å². The van der Waals surface area contributed by atoms with E-state index in [9.17, 15) is 0 Å². The van der Waals surface area contributed by atoms with Crippen molar-refractivity contribution in [3.8, 4) is 0 Å². The normalized spacial score (nSPS) is 13.7.